The van der Waals surface area contributed by atoms with E-state index in [1.54, 1.807) is 19.5 Å². The fourth-order valence-corrected chi connectivity index (χ4v) is 2.49. The lowest BCUT2D eigenvalue weighted by molar-refractivity contribution is 0.377. The van der Waals surface area contributed by atoms with Gasteiger partial charge in [0, 0.05) is 12.5 Å². The summed E-state index contributed by atoms with van der Waals surface area (Å²) in [5.74, 6) is 3.26. The standard InChI is InChI=1S/C16H19N3O2/c1-20-14-6-2-3-7-15(14)21-13-10-18-16(19-11-13)12-5-4-8-17-9-12/h2-3,6-7,10-12,17H,4-5,8-9H2,1H3. The molecule has 1 aliphatic rings. The second-order valence-corrected chi connectivity index (χ2v) is 5.07. The summed E-state index contributed by atoms with van der Waals surface area (Å²) in [7, 11) is 1.62. The van der Waals surface area contributed by atoms with E-state index in [-0.39, 0.29) is 0 Å². The molecule has 1 aromatic heterocycles. The molecule has 2 heterocycles. The third-order valence-corrected chi connectivity index (χ3v) is 3.61. The average molecular weight is 285 g/mol. The fraction of sp³-hybridized carbons (Fsp3) is 0.375. The van der Waals surface area contributed by atoms with Gasteiger partial charge in [-0.15, -0.1) is 0 Å². The molecule has 21 heavy (non-hydrogen) atoms. The molecule has 0 bridgehead atoms. The van der Waals surface area contributed by atoms with E-state index in [9.17, 15) is 0 Å². The molecular weight excluding hydrogens is 266 g/mol. The van der Waals surface area contributed by atoms with E-state index < -0.39 is 0 Å². The first-order valence-electron chi connectivity index (χ1n) is 7.20. The minimum absolute atomic E-state index is 0.402. The lowest BCUT2D eigenvalue weighted by Crippen LogP contribution is -2.29. The molecule has 5 nitrogen and oxygen atoms in total. The molecule has 0 amide bonds. The zero-order valence-electron chi connectivity index (χ0n) is 12.1. The van der Waals surface area contributed by atoms with Crippen molar-refractivity contribution < 1.29 is 9.47 Å². The molecule has 1 fully saturated rings. The van der Waals surface area contributed by atoms with Crippen molar-refractivity contribution in [3.63, 3.8) is 0 Å². The first-order valence-corrected chi connectivity index (χ1v) is 7.20. The normalized spacial score (nSPS) is 18.2. The van der Waals surface area contributed by atoms with Crippen molar-refractivity contribution in [2.75, 3.05) is 20.2 Å². The number of hydrogen-bond donors (Lipinski definition) is 1. The Balaban J connectivity index is 1.72. The van der Waals surface area contributed by atoms with Gasteiger partial charge in [0.25, 0.3) is 0 Å². The summed E-state index contributed by atoms with van der Waals surface area (Å²) in [6, 6.07) is 7.53. The van der Waals surface area contributed by atoms with E-state index in [0.29, 0.717) is 23.2 Å². The molecule has 1 N–H and O–H groups in total. The van der Waals surface area contributed by atoms with E-state index in [4.69, 9.17) is 9.47 Å². The highest BCUT2D eigenvalue weighted by Gasteiger charge is 2.17. The summed E-state index contributed by atoms with van der Waals surface area (Å²) in [6.07, 6.45) is 5.76. The maximum absolute atomic E-state index is 5.78. The lowest BCUT2D eigenvalue weighted by atomic mass is 9.99. The van der Waals surface area contributed by atoms with Crippen molar-refractivity contribution in [1.29, 1.82) is 0 Å². The van der Waals surface area contributed by atoms with Crippen LogP contribution in [0.25, 0.3) is 0 Å². The molecule has 2 aromatic rings. The summed E-state index contributed by atoms with van der Waals surface area (Å²) >= 11 is 0. The monoisotopic (exact) mass is 285 g/mol. The van der Waals surface area contributed by atoms with Crippen LogP contribution < -0.4 is 14.8 Å². The average Bonchev–Trinajstić information content (AvgIpc) is 2.57. The summed E-state index contributed by atoms with van der Waals surface area (Å²) < 4.78 is 11.0. The van der Waals surface area contributed by atoms with Crippen molar-refractivity contribution in [2.45, 2.75) is 18.8 Å². The van der Waals surface area contributed by atoms with Crippen LogP contribution in [0.5, 0.6) is 17.2 Å². The molecule has 0 aliphatic carbocycles. The second kappa shape index (κ2) is 6.54. The Bertz CT molecular complexity index is 580. The Morgan fingerprint density at radius 1 is 1.14 bits per heavy atom. The van der Waals surface area contributed by atoms with Gasteiger partial charge in [-0.2, -0.15) is 0 Å². The number of aromatic nitrogens is 2. The van der Waals surface area contributed by atoms with Crippen LogP contribution in [0.2, 0.25) is 0 Å². The van der Waals surface area contributed by atoms with Gasteiger partial charge >= 0.3 is 0 Å². The number of nitrogens with zero attached hydrogens (tertiary/aromatic N) is 2. The van der Waals surface area contributed by atoms with Crippen molar-refractivity contribution >= 4 is 0 Å². The third kappa shape index (κ3) is 3.31. The topological polar surface area (TPSA) is 56.3 Å². The highest BCUT2D eigenvalue weighted by Crippen LogP contribution is 2.30. The maximum Gasteiger partial charge on any atom is 0.169 e. The minimum Gasteiger partial charge on any atom is -0.493 e. The van der Waals surface area contributed by atoms with Gasteiger partial charge in [-0.25, -0.2) is 9.97 Å². The van der Waals surface area contributed by atoms with E-state index in [1.807, 2.05) is 24.3 Å². The Labute approximate surface area is 124 Å². The van der Waals surface area contributed by atoms with Crippen LogP contribution in [0.15, 0.2) is 36.7 Å². The minimum atomic E-state index is 0.402. The number of nitrogens with one attached hydrogen (secondary N) is 1. The van der Waals surface area contributed by atoms with Gasteiger partial charge in [0.1, 0.15) is 5.82 Å². The molecule has 1 aliphatic heterocycles. The van der Waals surface area contributed by atoms with Gasteiger partial charge in [-0.05, 0) is 31.5 Å². The van der Waals surface area contributed by atoms with E-state index in [0.717, 1.165) is 25.3 Å². The number of para-hydroxylation sites is 2. The molecule has 0 spiro atoms. The molecule has 1 aromatic carbocycles. The van der Waals surface area contributed by atoms with Gasteiger partial charge < -0.3 is 14.8 Å². The van der Waals surface area contributed by atoms with E-state index in [1.165, 1.54) is 6.42 Å². The summed E-state index contributed by atoms with van der Waals surface area (Å²) in [5.41, 5.74) is 0. The number of rotatable bonds is 4. The number of hydrogen-bond acceptors (Lipinski definition) is 5. The molecule has 3 rings (SSSR count). The number of ether oxygens (including phenoxy) is 2. The molecule has 1 atom stereocenters. The van der Waals surface area contributed by atoms with Crippen molar-refractivity contribution in [2.24, 2.45) is 0 Å². The van der Waals surface area contributed by atoms with Crippen LogP contribution in [-0.2, 0) is 0 Å². The molecular formula is C16H19N3O2. The van der Waals surface area contributed by atoms with Crippen LogP contribution in [0.1, 0.15) is 24.6 Å². The van der Waals surface area contributed by atoms with Crippen molar-refractivity contribution in [3.8, 4) is 17.2 Å². The maximum atomic E-state index is 5.78. The van der Waals surface area contributed by atoms with E-state index in [2.05, 4.69) is 15.3 Å². The summed E-state index contributed by atoms with van der Waals surface area (Å²) in [4.78, 5) is 8.87. The highest BCUT2D eigenvalue weighted by molar-refractivity contribution is 5.41. The van der Waals surface area contributed by atoms with Crippen LogP contribution in [0.3, 0.4) is 0 Å². The molecule has 1 unspecified atom stereocenters. The Kier molecular flexibility index (Phi) is 4.31. The molecule has 5 heteroatoms. The SMILES string of the molecule is COc1ccccc1Oc1cnc(C2CCCNC2)nc1. The first-order chi connectivity index (χ1) is 10.4. The van der Waals surface area contributed by atoms with Crippen molar-refractivity contribution in [3.05, 3.63) is 42.5 Å². The smallest absolute Gasteiger partial charge is 0.169 e. The predicted octanol–water partition coefficient (Wildman–Crippen LogP) is 2.74. The first kappa shape index (κ1) is 13.8. The summed E-state index contributed by atoms with van der Waals surface area (Å²) in [5, 5.41) is 3.38. The second-order valence-electron chi connectivity index (χ2n) is 5.07. The number of piperidine rings is 1. The Morgan fingerprint density at radius 2 is 1.90 bits per heavy atom. The molecule has 110 valence electrons. The molecule has 1 saturated heterocycles. The molecule has 0 radical (unpaired) electrons. The van der Waals surface area contributed by atoms with Crippen LogP contribution in [0.4, 0.5) is 0 Å². The lowest BCUT2D eigenvalue weighted by Gasteiger charge is -2.21. The fourth-order valence-electron chi connectivity index (χ4n) is 2.49. The highest BCUT2D eigenvalue weighted by atomic mass is 16.5. The van der Waals surface area contributed by atoms with Gasteiger partial charge in [0.05, 0.1) is 19.5 Å². The van der Waals surface area contributed by atoms with Gasteiger partial charge in [0.15, 0.2) is 17.2 Å². The van der Waals surface area contributed by atoms with Gasteiger partial charge in [-0.3, -0.25) is 0 Å². The predicted molar refractivity (Wildman–Crippen MR) is 79.9 cm³/mol. The Morgan fingerprint density at radius 3 is 2.57 bits per heavy atom. The zero-order chi connectivity index (χ0) is 14.5. The Hall–Kier alpha value is -2.14. The van der Waals surface area contributed by atoms with Crippen LogP contribution >= 0.6 is 0 Å². The summed E-state index contributed by atoms with van der Waals surface area (Å²) in [6.45, 7) is 2.04. The van der Waals surface area contributed by atoms with Crippen LogP contribution in [-0.4, -0.2) is 30.2 Å². The number of benzene rings is 1. The molecule has 0 saturated carbocycles. The van der Waals surface area contributed by atoms with Gasteiger partial charge in [-0.1, -0.05) is 12.1 Å². The zero-order valence-corrected chi connectivity index (χ0v) is 12.1. The van der Waals surface area contributed by atoms with Crippen LogP contribution in [0, 0.1) is 0 Å². The largest absolute Gasteiger partial charge is 0.493 e. The third-order valence-electron chi connectivity index (χ3n) is 3.61. The van der Waals surface area contributed by atoms with Crippen molar-refractivity contribution in [1.82, 2.24) is 15.3 Å². The number of methoxy groups -OCH3 is 1. The van der Waals surface area contributed by atoms with Gasteiger partial charge in [0.2, 0.25) is 0 Å². The quantitative estimate of drug-likeness (QED) is 0.936. The van der Waals surface area contributed by atoms with E-state index >= 15 is 0 Å².